The van der Waals surface area contributed by atoms with Crippen molar-refractivity contribution >= 4 is 33.9 Å². The Hall–Kier alpha value is -6.44. The molecule has 1 nitrogen and oxygen atoms in total. The third-order valence-corrected chi connectivity index (χ3v) is 11.0. The summed E-state index contributed by atoms with van der Waals surface area (Å²) in [7, 11) is 0. The highest BCUT2D eigenvalue weighted by atomic mass is 15.1. The number of allylic oxidation sites excluding steroid dienone is 1. The summed E-state index contributed by atoms with van der Waals surface area (Å²) in [5.74, 6) is 0. The topological polar surface area (TPSA) is 3.24 Å². The summed E-state index contributed by atoms with van der Waals surface area (Å²) in [4.78, 5) is 2.42. The standard InChI is InChI=1S/C50H35N/c1-2-12-35(13-3-1)36-23-27-40(28-24-36)51(41-29-25-38(26-30-41)44-20-10-16-37-14-4-6-18-43(37)44)42-31-32-46-45-19-7-9-22-48(45)50(49(46)34-42)33-11-17-39-15-5-8-21-47(39)50/h1-32,34H,33H2. The van der Waals surface area contributed by atoms with Gasteiger partial charge in [0.25, 0.3) is 0 Å². The number of rotatable bonds is 5. The zero-order valence-corrected chi connectivity index (χ0v) is 28.2. The highest BCUT2D eigenvalue weighted by Gasteiger charge is 2.46. The summed E-state index contributed by atoms with van der Waals surface area (Å²) < 4.78 is 0. The van der Waals surface area contributed by atoms with Gasteiger partial charge in [0, 0.05) is 17.1 Å². The lowest BCUT2D eigenvalue weighted by Gasteiger charge is -2.36. The lowest BCUT2D eigenvalue weighted by molar-refractivity contribution is 0.638. The monoisotopic (exact) mass is 649 g/mol. The molecule has 1 spiro atoms. The number of benzene rings is 8. The minimum atomic E-state index is -0.242. The zero-order valence-electron chi connectivity index (χ0n) is 28.2. The van der Waals surface area contributed by atoms with E-state index in [1.54, 1.807) is 0 Å². The second kappa shape index (κ2) is 11.9. The van der Waals surface area contributed by atoms with Crippen molar-refractivity contribution in [1.82, 2.24) is 0 Å². The van der Waals surface area contributed by atoms with Crippen molar-refractivity contribution in [2.75, 3.05) is 4.90 Å². The molecular formula is C50H35N. The Bertz CT molecular complexity index is 2590. The van der Waals surface area contributed by atoms with Gasteiger partial charge >= 0.3 is 0 Å². The van der Waals surface area contributed by atoms with E-state index in [4.69, 9.17) is 0 Å². The molecule has 0 heterocycles. The van der Waals surface area contributed by atoms with Crippen molar-refractivity contribution < 1.29 is 0 Å². The number of hydrogen-bond donors (Lipinski definition) is 0. The first-order valence-electron chi connectivity index (χ1n) is 17.8. The molecule has 0 saturated heterocycles. The molecule has 2 aliphatic carbocycles. The smallest absolute Gasteiger partial charge is 0.0504 e. The van der Waals surface area contributed by atoms with Crippen molar-refractivity contribution in [1.29, 1.82) is 0 Å². The van der Waals surface area contributed by atoms with Gasteiger partial charge in [0.1, 0.15) is 0 Å². The van der Waals surface area contributed by atoms with Crippen LogP contribution in [0, 0.1) is 0 Å². The minimum Gasteiger partial charge on any atom is -0.310 e. The summed E-state index contributed by atoms with van der Waals surface area (Å²) in [5, 5.41) is 2.53. The van der Waals surface area contributed by atoms with Gasteiger partial charge in [0.2, 0.25) is 0 Å². The maximum atomic E-state index is 2.47. The van der Waals surface area contributed by atoms with E-state index >= 15 is 0 Å². The minimum absolute atomic E-state index is 0.242. The number of fused-ring (bicyclic) bond motifs is 8. The molecule has 240 valence electrons. The Morgan fingerprint density at radius 1 is 0.392 bits per heavy atom. The van der Waals surface area contributed by atoms with Gasteiger partial charge in [0.05, 0.1) is 5.41 Å². The van der Waals surface area contributed by atoms with Crippen LogP contribution >= 0.6 is 0 Å². The van der Waals surface area contributed by atoms with E-state index in [-0.39, 0.29) is 5.41 Å². The largest absolute Gasteiger partial charge is 0.310 e. The van der Waals surface area contributed by atoms with Crippen LogP contribution in [0.3, 0.4) is 0 Å². The third kappa shape index (κ3) is 4.70. The first kappa shape index (κ1) is 29.5. The molecule has 8 aromatic carbocycles. The van der Waals surface area contributed by atoms with E-state index in [9.17, 15) is 0 Å². The molecule has 0 saturated carbocycles. The lowest BCUT2D eigenvalue weighted by atomic mass is 9.66. The highest BCUT2D eigenvalue weighted by molar-refractivity contribution is 5.97. The van der Waals surface area contributed by atoms with E-state index in [1.807, 2.05) is 0 Å². The SMILES string of the molecule is C1=Cc2ccccc2C2(C1)c1ccccc1-c1ccc(N(c3ccc(-c4ccccc4)cc3)c3ccc(-c4cccc5ccccc45)cc3)cc12. The van der Waals surface area contributed by atoms with Crippen LogP contribution in [0.5, 0.6) is 0 Å². The molecule has 0 aromatic heterocycles. The molecule has 0 bridgehead atoms. The van der Waals surface area contributed by atoms with Crippen molar-refractivity contribution in [3.05, 3.63) is 216 Å². The van der Waals surface area contributed by atoms with Gasteiger partial charge in [-0.3, -0.25) is 0 Å². The second-order valence-corrected chi connectivity index (χ2v) is 13.7. The van der Waals surface area contributed by atoms with Crippen molar-refractivity contribution in [2.24, 2.45) is 0 Å². The zero-order chi connectivity index (χ0) is 33.8. The predicted molar refractivity (Wildman–Crippen MR) is 215 cm³/mol. The van der Waals surface area contributed by atoms with E-state index in [0.717, 1.165) is 23.5 Å². The Morgan fingerprint density at radius 2 is 0.980 bits per heavy atom. The van der Waals surface area contributed by atoms with Crippen LogP contribution in [0.4, 0.5) is 17.1 Å². The van der Waals surface area contributed by atoms with Crippen LogP contribution in [0.15, 0.2) is 194 Å². The van der Waals surface area contributed by atoms with Crippen molar-refractivity contribution in [3.8, 4) is 33.4 Å². The molecule has 0 N–H and O–H groups in total. The highest BCUT2D eigenvalue weighted by Crippen LogP contribution is 2.57. The molecule has 8 aromatic rings. The Morgan fingerprint density at radius 3 is 1.80 bits per heavy atom. The van der Waals surface area contributed by atoms with Crippen LogP contribution in [-0.2, 0) is 5.41 Å². The molecule has 2 aliphatic rings. The molecule has 0 radical (unpaired) electrons. The maximum Gasteiger partial charge on any atom is 0.0504 e. The predicted octanol–water partition coefficient (Wildman–Crippen LogP) is 13.4. The van der Waals surface area contributed by atoms with Gasteiger partial charge < -0.3 is 4.90 Å². The summed E-state index contributed by atoms with van der Waals surface area (Å²) in [6.45, 7) is 0. The molecule has 10 rings (SSSR count). The molecule has 1 atom stereocenters. The summed E-state index contributed by atoms with van der Waals surface area (Å²) >= 11 is 0. The van der Waals surface area contributed by atoms with Gasteiger partial charge in [-0.25, -0.2) is 0 Å². The fraction of sp³-hybridized carbons (Fsp3) is 0.0400. The van der Waals surface area contributed by atoms with Crippen LogP contribution in [0.25, 0.3) is 50.2 Å². The van der Waals surface area contributed by atoms with Crippen molar-refractivity contribution in [2.45, 2.75) is 11.8 Å². The number of anilines is 3. The van der Waals surface area contributed by atoms with Crippen LogP contribution in [0.1, 0.15) is 28.7 Å². The van der Waals surface area contributed by atoms with Crippen LogP contribution in [0.2, 0.25) is 0 Å². The summed E-state index contributed by atoms with van der Waals surface area (Å²) in [6.07, 6.45) is 5.60. The lowest BCUT2D eigenvalue weighted by Crippen LogP contribution is -2.29. The van der Waals surface area contributed by atoms with Crippen LogP contribution in [-0.4, -0.2) is 0 Å². The Labute approximate surface area is 299 Å². The van der Waals surface area contributed by atoms with Gasteiger partial charge in [-0.15, -0.1) is 0 Å². The Balaban J connectivity index is 1.14. The fourth-order valence-corrected chi connectivity index (χ4v) is 8.66. The average molecular weight is 650 g/mol. The van der Waals surface area contributed by atoms with E-state index in [1.165, 1.54) is 66.4 Å². The van der Waals surface area contributed by atoms with E-state index < -0.39 is 0 Å². The quantitative estimate of drug-likeness (QED) is 0.179. The molecule has 1 unspecified atom stereocenters. The van der Waals surface area contributed by atoms with E-state index in [2.05, 4.69) is 205 Å². The number of hydrogen-bond acceptors (Lipinski definition) is 1. The third-order valence-electron chi connectivity index (χ3n) is 11.0. The summed E-state index contributed by atoms with van der Waals surface area (Å²) in [6, 6.07) is 69.0. The van der Waals surface area contributed by atoms with Gasteiger partial charge in [-0.1, -0.05) is 164 Å². The Kier molecular flexibility index (Phi) is 6.85. The molecule has 0 fully saturated rings. The average Bonchev–Trinajstić information content (AvgIpc) is 3.48. The summed E-state index contributed by atoms with van der Waals surface area (Å²) in [5.41, 5.74) is 16.2. The van der Waals surface area contributed by atoms with Crippen molar-refractivity contribution in [3.63, 3.8) is 0 Å². The first-order valence-corrected chi connectivity index (χ1v) is 17.8. The molecule has 1 heteroatoms. The van der Waals surface area contributed by atoms with E-state index in [0.29, 0.717) is 0 Å². The molecule has 0 amide bonds. The molecule has 0 aliphatic heterocycles. The maximum absolute atomic E-state index is 2.47. The first-order chi connectivity index (χ1) is 25.3. The molecular weight excluding hydrogens is 615 g/mol. The van der Waals surface area contributed by atoms with Gasteiger partial charge in [-0.05, 0) is 109 Å². The normalized spacial score (nSPS) is 15.4. The fourth-order valence-electron chi connectivity index (χ4n) is 8.66. The molecule has 51 heavy (non-hydrogen) atoms. The van der Waals surface area contributed by atoms with Gasteiger partial charge in [-0.2, -0.15) is 0 Å². The second-order valence-electron chi connectivity index (χ2n) is 13.7. The number of nitrogens with zero attached hydrogens (tertiary/aromatic N) is 1. The van der Waals surface area contributed by atoms with Crippen LogP contribution < -0.4 is 4.90 Å². The van der Waals surface area contributed by atoms with Gasteiger partial charge in [0.15, 0.2) is 0 Å².